The molecule has 15 heavy (non-hydrogen) atoms. The summed E-state index contributed by atoms with van der Waals surface area (Å²) in [5.41, 5.74) is 1.08. The van der Waals surface area contributed by atoms with E-state index in [0.29, 0.717) is 5.28 Å². The first-order valence-corrected chi connectivity index (χ1v) is 5.80. The predicted octanol–water partition coefficient (Wildman–Crippen LogP) is 3.06. The van der Waals surface area contributed by atoms with Gasteiger partial charge in [-0.05, 0) is 31.4 Å². The Kier molecular flexibility index (Phi) is 4.82. The lowest BCUT2D eigenvalue weighted by Crippen LogP contribution is -2.26. The molecule has 0 unspecified atom stereocenters. The normalized spacial score (nSPS) is 10.4. The second-order valence-electron chi connectivity index (χ2n) is 3.63. The average Bonchev–Trinajstić information content (AvgIpc) is 2.21. The third kappa shape index (κ3) is 3.34. The summed E-state index contributed by atoms with van der Waals surface area (Å²) in [7, 11) is 0. The highest BCUT2D eigenvalue weighted by Crippen LogP contribution is 2.18. The molecule has 0 saturated heterocycles. The van der Waals surface area contributed by atoms with Crippen molar-refractivity contribution in [3.63, 3.8) is 0 Å². The fourth-order valence-electron chi connectivity index (χ4n) is 1.60. The van der Waals surface area contributed by atoms with E-state index in [9.17, 15) is 0 Å². The molecule has 4 heteroatoms. The van der Waals surface area contributed by atoms with Crippen LogP contribution >= 0.6 is 11.6 Å². The highest BCUT2D eigenvalue weighted by molar-refractivity contribution is 6.28. The van der Waals surface area contributed by atoms with Crippen molar-refractivity contribution >= 4 is 17.4 Å². The van der Waals surface area contributed by atoms with E-state index in [0.717, 1.165) is 37.3 Å². The fraction of sp³-hybridized carbons (Fsp3) is 0.636. The molecule has 0 aliphatic carbocycles. The van der Waals surface area contributed by atoms with Crippen molar-refractivity contribution < 1.29 is 0 Å². The summed E-state index contributed by atoms with van der Waals surface area (Å²) < 4.78 is 0. The Bertz CT molecular complexity index is 309. The van der Waals surface area contributed by atoms with Gasteiger partial charge in [-0.3, -0.25) is 0 Å². The smallest absolute Gasteiger partial charge is 0.224 e. The highest BCUT2D eigenvalue weighted by atomic mass is 35.5. The molecule has 1 heterocycles. The van der Waals surface area contributed by atoms with E-state index in [2.05, 4.69) is 28.7 Å². The molecule has 3 nitrogen and oxygen atoms in total. The second-order valence-corrected chi connectivity index (χ2v) is 3.97. The van der Waals surface area contributed by atoms with Gasteiger partial charge >= 0.3 is 0 Å². The molecule has 0 spiro atoms. The number of rotatable bonds is 5. The van der Waals surface area contributed by atoms with Crippen molar-refractivity contribution in [3.8, 4) is 0 Å². The van der Waals surface area contributed by atoms with Crippen molar-refractivity contribution in [3.05, 3.63) is 17.0 Å². The molecule has 0 fully saturated rings. The molecule has 0 aromatic carbocycles. The molecule has 0 aliphatic rings. The molecule has 0 aliphatic heterocycles. The minimum atomic E-state index is 0.327. The largest absolute Gasteiger partial charge is 0.356 e. The van der Waals surface area contributed by atoms with Gasteiger partial charge in [-0.2, -0.15) is 0 Å². The summed E-state index contributed by atoms with van der Waals surface area (Å²) in [5, 5.41) is 0.327. The highest BCUT2D eigenvalue weighted by Gasteiger charge is 2.10. The SMILES string of the molecule is CCCN(CCC)c1nc(Cl)ncc1C. The number of aryl methyl sites for hydroxylation is 1. The minimum Gasteiger partial charge on any atom is -0.356 e. The molecule has 0 amide bonds. The number of halogens is 1. The van der Waals surface area contributed by atoms with Crippen molar-refractivity contribution in [2.45, 2.75) is 33.6 Å². The number of nitrogens with zero attached hydrogens (tertiary/aromatic N) is 3. The standard InChI is InChI=1S/C11H18ClN3/c1-4-6-15(7-5-2)10-9(3)8-13-11(12)14-10/h8H,4-7H2,1-3H3. The maximum atomic E-state index is 5.81. The maximum absolute atomic E-state index is 5.81. The van der Waals surface area contributed by atoms with Gasteiger partial charge in [0.25, 0.3) is 0 Å². The first-order valence-electron chi connectivity index (χ1n) is 5.43. The van der Waals surface area contributed by atoms with Gasteiger partial charge in [0, 0.05) is 24.8 Å². The summed E-state index contributed by atoms with van der Waals surface area (Å²) in [4.78, 5) is 10.5. The molecule has 0 bridgehead atoms. The number of anilines is 1. The van der Waals surface area contributed by atoms with Crippen LogP contribution < -0.4 is 4.90 Å². The topological polar surface area (TPSA) is 29.0 Å². The van der Waals surface area contributed by atoms with Crippen LogP contribution in [0.2, 0.25) is 5.28 Å². The Balaban J connectivity index is 2.93. The zero-order chi connectivity index (χ0) is 11.3. The minimum absolute atomic E-state index is 0.327. The molecule has 0 saturated carbocycles. The van der Waals surface area contributed by atoms with Crippen LogP contribution in [-0.2, 0) is 0 Å². The number of hydrogen-bond acceptors (Lipinski definition) is 3. The Morgan fingerprint density at radius 2 is 1.87 bits per heavy atom. The third-order valence-electron chi connectivity index (χ3n) is 2.20. The lowest BCUT2D eigenvalue weighted by Gasteiger charge is -2.23. The number of aromatic nitrogens is 2. The van der Waals surface area contributed by atoms with E-state index < -0.39 is 0 Å². The van der Waals surface area contributed by atoms with Crippen LogP contribution in [0.1, 0.15) is 32.3 Å². The van der Waals surface area contributed by atoms with Gasteiger partial charge in [-0.15, -0.1) is 0 Å². The molecule has 84 valence electrons. The van der Waals surface area contributed by atoms with Crippen LogP contribution in [0.25, 0.3) is 0 Å². The van der Waals surface area contributed by atoms with Crippen LogP contribution in [0.15, 0.2) is 6.20 Å². The average molecular weight is 228 g/mol. The monoisotopic (exact) mass is 227 g/mol. The quantitative estimate of drug-likeness (QED) is 0.724. The molecule has 1 aromatic rings. The zero-order valence-corrected chi connectivity index (χ0v) is 10.4. The summed E-state index contributed by atoms with van der Waals surface area (Å²) in [6.07, 6.45) is 4.01. The van der Waals surface area contributed by atoms with Crippen LogP contribution in [0.3, 0.4) is 0 Å². The summed E-state index contributed by atoms with van der Waals surface area (Å²) in [6, 6.07) is 0. The van der Waals surface area contributed by atoms with Gasteiger partial charge in [0.2, 0.25) is 5.28 Å². The van der Waals surface area contributed by atoms with E-state index >= 15 is 0 Å². The molecule has 0 atom stereocenters. The Hall–Kier alpha value is -0.830. The van der Waals surface area contributed by atoms with Crippen LogP contribution in [0, 0.1) is 6.92 Å². The van der Waals surface area contributed by atoms with Crippen LogP contribution in [0.5, 0.6) is 0 Å². The van der Waals surface area contributed by atoms with Gasteiger partial charge in [0.1, 0.15) is 5.82 Å². The molecule has 0 radical (unpaired) electrons. The summed E-state index contributed by atoms with van der Waals surface area (Å²) in [6.45, 7) is 8.38. The van der Waals surface area contributed by atoms with Gasteiger partial charge in [0.05, 0.1) is 0 Å². The Morgan fingerprint density at radius 1 is 1.27 bits per heavy atom. The predicted molar refractivity (Wildman–Crippen MR) is 64.6 cm³/mol. The lowest BCUT2D eigenvalue weighted by atomic mass is 10.3. The lowest BCUT2D eigenvalue weighted by molar-refractivity contribution is 0.729. The van der Waals surface area contributed by atoms with Gasteiger partial charge in [-0.25, -0.2) is 9.97 Å². The molecule has 0 N–H and O–H groups in total. The van der Waals surface area contributed by atoms with Crippen molar-refractivity contribution in [1.29, 1.82) is 0 Å². The first kappa shape index (κ1) is 12.2. The Morgan fingerprint density at radius 3 is 2.40 bits per heavy atom. The van der Waals surface area contributed by atoms with Crippen molar-refractivity contribution in [2.24, 2.45) is 0 Å². The second kappa shape index (κ2) is 5.91. The van der Waals surface area contributed by atoms with E-state index in [-0.39, 0.29) is 0 Å². The van der Waals surface area contributed by atoms with Gasteiger partial charge in [0.15, 0.2) is 0 Å². The van der Waals surface area contributed by atoms with Crippen LogP contribution in [0.4, 0.5) is 5.82 Å². The van der Waals surface area contributed by atoms with E-state index in [4.69, 9.17) is 11.6 Å². The Labute approximate surface area is 96.5 Å². The maximum Gasteiger partial charge on any atom is 0.224 e. The zero-order valence-electron chi connectivity index (χ0n) is 9.63. The molecular weight excluding hydrogens is 210 g/mol. The van der Waals surface area contributed by atoms with Crippen molar-refractivity contribution in [2.75, 3.05) is 18.0 Å². The molecule has 1 aromatic heterocycles. The van der Waals surface area contributed by atoms with E-state index in [1.165, 1.54) is 0 Å². The summed E-state index contributed by atoms with van der Waals surface area (Å²) in [5.74, 6) is 0.971. The van der Waals surface area contributed by atoms with E-state index in [1.807, 2.05) is 6.92 Å². The molecular formula is C11H18ClN3. The summed E-state index contributed by atoms with van der Waals surface area (Å²) >= 11 is 5.81. The van der Waals surface area contributed by atoms with Gasteiger partial charge < -0.3 is 4.90 Å². The third-order valence-corrected chi connectivity index (χ3v) is 2.38. The van der Waals surface area contributed by atoms with Crippen molar-refractivity contribution in [1.82, 2.24) is 9.97 Å². The first-order chi connectivity index (χ1) is 7.19. The van der Waals surface area contributed by atoms with E-state index in [1.54, 1.807) is 6.20 Å². The fourth-order valence-corrected chi connectivity index (χ4v) is 1.72. The van der Waals surface area contributed by atoms with Gasteiger partial charge in [-0.1, -0.05) is 13.8 Å². The number of hydrogen-bond donors (Lipinski definition) is 0. The van der Waals surface area contributed by atoms with Crippen LogP contribution in [-0.4, -0.2) is 23.1 Å². The molecule has 1 rings (SSSR count).